The fourth-order valence-corrected chi connectivity index (χ4v) is 1.41. The molecule has 1 unspecified atom stereocenters. The Hall–Kier alpha value is -1.69. The van der Waals surface area contributed by atoms with Crippen molar-refractivity contribution in [1.29, 1.82) is 0 Å². The van der Waals surface area contributed by atoms with E-state index < -0.39 is 12.7 Å². The highest BCUT2D eigenvalue weighted by atomic mass is 19.3. The van der Waals surface area contributed by atoms with Gasteiger partial charge in [0.05, 0.1) is 6.61 Å². The van der Waals surface area contributed by atoms with Crippen molar-refractivity contribution in [1.82, 2.24) is 5.32 Å². The third kappa shape index (κ3) is 5.65. The van der Waals surface area contributed by atoms with Gasteiger partial charge in [-0.2, -0.15) is 8.78 Å². The summed E-state index contributed by atoms with van der Waals surface area (Å²) in [6, 6.07) is 5.80. The number of esters is 1. The summed E-state index contributed by atoms with van der Waals surface area (Å²) >= 11 is 0. The lowest BCUT2D eigenvalue weighted by atomic mass is 10.2. The molecule has 0 fully saturated rings. The minimum Gasteiger partial charge on any atom is -0.465 e. The van der Waals surface area contributed by atoms with Crippen LogP contribution in [0.3, 0.4) is 0 Å². The maximum atomic E-state index is 12.0. The second-order valence-corrected chi connectivity index (χ2v) is 3.88. The van der Waals surface area contributed by atoms with Crippen molar-refractivity contribution in [2.45, 2.75) is 33.0 Å². The highest BCUT2D eigenvalue weighted by Gasteiger charge is 2.12. The van der Waals surface area contributed by atoms with Gasteiger partial charge in [0.1, 0.15) is 11.8 Å². The van der Waals surface area contributed by atoms with Gasteiger partial charge in [0.2, 0.25) is 0 Å². The summed E-state index contributed by atoms with van der Waals surface area (Å²) in [6.45, 7) is 1.39. The predicted octanol–water partition coefficient (Wildman–Crippen LogP) is 2.33. The van der Waals surface area contributed by atoms with E-state index in [-0.39, 0.29) is 11.7 Å². The molecule has 1 rings (SSSR count). The summed E-state index contributed by atoms with van der Waals surface area (Å²) < 4.78 is 33.0. The average Bonchev–Trinajstić information content (AvgIpc) is 2.37. The lowest BCUT2D eigenvalue weighted by molar-refractivity contribution is -0.145. The largest absolute Gasteiger partial charge is 0.465 e. The molecule has 0 saturated carbocycles. The van der Waals surface area contributed by atoms with E-state index in [0.717, 1.165) is 5.56 Å². The number of rotatable bonds is 7. The normalized spacial score (nSPS) is 12.3. The summed E-state index contributed by atoms with van der Waals surface area (Å²) in [5.41, 5.74) is 0.859. The van der Waals surface area contributed by atoms with Crippen LogP contribution >= 0.6 is 0 Å². The highest BCUT2D eigenvalue weighted by molar-refractivity contribution is 5.75. The standard InChI is InChI=1S/C13H17F2NO3/c1-3-18-12(17)9(2)16-8-10-4-6-11(7-5-10)19-13(14)15/h4-7,9,13,16H,3,8H2,1-2H3. The highest BCUT2D eigenvalue weighted by Crippen LogP contribution is 2.14. The van der Waals surface area contributed by atoms with Crippen molar-refractivity contribution in [3.8, 4) is 5.75 Å². The molecule has 106 valence electrons. The van der Waals surface area contributed by atoms with Crippen LogP contribution in [0, 0.1) is 0 Å². The fraction of sp³-hybridized carbons (Fsp3) is 0.462. The van der Waals surface area contributed by atoms with Crippen LogP contribution in [0.2, 0.25) is 0 Å². The minimum absolute atomic E-state index is 0.109. The number of carbonyl (C=O) groups is 1. The lowest BCUT2D eigenvalue weighted by Crippen LogP contribution is -2.34. The van der Waals surface area contributed by atoms with Crippen molar-refractivity contribution >= 4 is 5.97 Å². The van der Waals surface area contributed by atoms with Crippen LogP contribution in [0.1, 0.15) is 19.4 Å². The first-order valence-corrected chi connectivity index (χ1v) is 5.96. The molecule has 1 N–H and O–H groups in total. The molecule has 0 aliphatic carbocycles. The molecule has 0 bridgehead atoms. The molecule has 0 radical (unpaired) electrons. The number of alkyl halides is 2. The molecule has 0 aliphatic rings. The zero-order valence-electron chi connectivity index (χ0n) is 10.9. The van der Waals surface area contributed by atoms with Gasteiger partial charge < -0.3 is 14.8 Å². The van der Waals surface area contributed by atoms with E-state index in [4.69, 9.17) is 4.74 Å². The molecule has 6 heteroatoms. The van der Waals surface area contributed by atoms with E-state index >= 15 is 0 Å². The summed E-state index contributed by atoms with van der Waals surface area (Å²) in [7, 11) is 0. The molecule has 4 nitrogen and oxygen atoms in total. The topological polar surface area (TPSA) is 47.6 Å². The second kappa shape index (κ2) is 7.68. The van der Waals surface area contributed by atoms with E-state index in [1.165, 1.54) is 12.1 Å². The molecule has 1 atom stereocenters. The molecule has 0 aromatic heterocycles. The summed E-state index contributed by atoms with van der Waals surface area (Å²) in [5.74, 6) is -0.211. The van der Waals surface area contributed by atoms with Crippen molar-refractivity contribution in [3.05, 3.63) is 29.8 Å². The number of carbonyl (C=O) groups excluding carboxylic acids is 1. The third-order valence-corrected chi connectivity index (χ3v) is 2.40. The van der Waals surface area contributed by atoms with Gasteiger partial charge in [-0.1, -0.05) is 12.1 Å². The summed E-state index contributed by atoms with van der Waals surface area (Å²) in [4.78, 5) is 11.4. The Kier molecular flexibility index (Phi) is 6.21. The van der Waals surface area contributed by atoms with E-state index in [2.05, 4.69) is 10.1 Å². The Morgan fingerprint density at radius 3 is 2.47 bits per heavy atom. The quantitative estimate of drug-likeness (QED) is 0.775. The number of hydrogen-bond donors (Lipinski definition) is 1. The van der Waals surface area contributed by atoms with Crippen molar-refractivity contribution in [3.63, 3.8) is 0 Å². The molecule has 19 heavy (non-hydrogen) atoms. The van der Waals surface area contributed by atoms with E-state index in [1.807, 2.05) is 0 Å². The maximum absolute atomic E-state index is 12.0. The Labute approximate surface area is 110 Å². The van der Waals surface area contributed by atoms with Gasteiger partial charge in [0, 0.05) is 6.54 Å². The predicted molar refractivity (Wildman–Crippen MR) is 66.0 cm³/mol. The number of nitrogens with one attached hydrogen (secondary N) is 1. The fourth-order valence-electron chi connectivity index (χ4n) is 1.41. The zero-order chi connectivity index (χ0) is 14.3. The Morgan fingerprint density at radius 2 is 1.95 bits per heavy atom. The van der Waals surface area contributed by atoms with Gasteiger partial charge >= 0.3 is 12.6 Å². The van der Waals surface area contributed by atoms with Crippen LogP contribution in [-0.4, -0.2) is 25.2 Å². The van der Waals surface area contributed by atoms with Crippen molar-refractivity contribution in [2.75, 3.05) is 6.61 Å². The van der Waals surface area contributed by atoms with E-state index in [1.54, 1.807) is 26.0 Å². The molecule has 0 aliphatic heterocycles. The first-order valence-electron chi connectivity index (χ1n) is 5.96. The Balaban J connectivity index is 2.43. The van der Waals surface area contributed by atoms with Gasteiger partial charge in [-0.25, -0.2) is 0 Å². The SMILES string of the molecule is CCOC(=O)C(C)NCc1ccc(OC(F)F)cc1. The van der Waals surface area contributed by atoms with Crippen LogP contribution in [-0.2, 0) is 16.1 Å². The molecule has 0 saturated heterocycles. The number of ether oxygens (including phenoxy) is 2. The molecule has 1 aromatic carbocycles. The molecule has 0 amide bonds. The van der Waals surface area contributed by atoms with E-state index in [0.29, 0.717) is 13.2 Å². The maximum Gasteiger partial charge on any atom is 0.387 e. The molecule has 1 aromatic rings. The van der Waals surface area contributed by atoms with Crippen LogP contribution in [0.25, 0.3) is 0 Å². The van der Waals surface area contributed by atoms with Crippen LogP contribution in [0.4, 0.5) is 8.78 Å². The Bertz CT molecular complexity index is 395. The summed E-state index contributed by atoms with van der Waals surface area (Å²) in [6.07, 6.45) is 0. The zero-order valence-corrected chi connectivity index (χ0v) is 10.9. The first-order chi connectivity index (χ1) is 9.02. The van der Waals surface area contributed by atoms with Crippen LogP contribution < -0.4 is 10.1 Å². The Morgan fingerprint density at radius 1 is 1.32 bits per heavy atom. The number of halogens is 2. The number of hydrogen-bond acceptors (Lipinski definition) is 4. The second-order valence-electron chi connectivity index (χ2n) is 3.88. The smallest absolute Gasteiger partial charge is 0.387 e. The number of benzene rings is 1. The van der Waals surface area contributed by atoms with Gasteiger partial charge in [-0.3, -0.25) is 4.79 Å². The van der Waals surface area contributed by atoms with Crippen LogP contribution in [0.15, 0.2) is 24.3 Å². The first kappa shape index (κ1) is 15.4. The minimum atomic E-state index is -2.83. The van der Waals surface area contributed by atoms with E-state index in [9.17, 15) is 13.6 Å². The van der Waals surface area contributed by atoms with Crippen molar-refractivity contribution in [2.24, 2.45) is 0 Å². The van der Waals surface area contributed by atoms with Gasteiger partial charge in [0.25, 0.3) is 0 Å². The molecule has 0 spiro atoms. The summed E-state index contributed by atoms with van der Waals surface area (Å²) in [5, 5.41) is 2.98. The molecular weight excluding hydrogens is 256 g/mol. The van der Waals surface area contributed by atoms with Crippen molar-refractivity contribution < 1.29 is 23.0 Å². The monoisotopic (exact) mass is 273 g/mol. The van der Waals surface area contributed by atoms with Gasteiger partial charge in [0.15, 0.2) is 0 Å². The van der Waals surface area contributed by atoms with Gasteiger partial charge in [-0.15, -0.1) is 0 Å². The van der Waals surface area contributed by atoms with Gasteiger partial charge in [-0.05, 0) is 31.5 Å². The third-order valence-electron chi connectivity index (χ3n) is 2.40. The lowest BCUT2D eigenvalue weighted by Gasteiger charge is -2.12. The average molecular weight is 273 g/mol. The molecular formula is C13H17F2NO3. The van der Waals surface area contributed by atoms with Crippen LogP contribution in [0.5, 0.6) is 5.75 Å². The molecule has 0 heterocycles.